The van der Waals surface area contributed by atoms with Gasteiger partial charge in [-0.2, -0.15) is 5.10 Å². The third kappa shape index (κ3) is 3.30. The number of fused-ring (bicyclic) bond motifs is 1. The molecule has 0 radical (unpaired) electrons. The van der Waals surface area contributed by atoms with Crippen molar-refractivity contribution in [3.63, 3.8) is 0 Å². The number of hydrogen-bond donors (Lipinski definition) is 3. The lowest BCUT2D eigenvalue weighted by Gasteiger charge is -2.12. The van der Waals surface area contributed by atoms with E-state index in [-0.39, 0.29) is 5.91 Å². The van der Waals surface area contributed by atoms with Crippen LogP contribution in [0.15, 0.2) is 24.4 Å². The van der Waals surface area contributed by atoms with Crippen LogP contribution in [-0.2, 0) is 9.53 Å². The van der Waals surface area contributed by atoms with Crippen LogP contribution >= 0.6 is 0 Å². The van der Waals surface area contributed by atoms with Crippen LogP contribution in [0.3, 0.4) is 0 Å². The van der Waals surface area contributed by atoms with Gasteiger partial charge in [0.05, 0.1) is 23.4 Å². The molecule has 2 rings (SSSR count). The predicted molar refractivity (Wildman–Crippen MR) is 73.8 cm³/mol. The number of nitrogens with zero attached hydrogens (tertiary/aromatic N) is 1. The third-order valence-electron chi connectivity index (χ3n) is 2.94. The molecule has 0 aliphatic heterocycles. The Bertz CT molecular complexity index is 552. The molecule has 2 aromatic rings. The smallest absolute Gasteiger partial charge is 0.241 e. The van der Waals surface area contributed by atoms with Crippen LogP contribution in [0.25, 0.3) is 10.9 Å². The molecule has 0 aliphatic rings. The SMILES string of the molecule is COCCCC(N)C(=O)Nc1cccc2[nH]ncc12. The monoisotopic (exact) mass is 262 g/mol. The number of H-pyrrole nitrogens is 1. The quantitative estimate of drug-likeness (QED) is 0.683. The summed E-state index contributed by atoms with van der Waals surface area (Å²) < 4.78 is 4.94. The van der Waals surface area contributed by atoms with Crippen molar-refractivity contribution in [1.82, 2.24) is 10.2 Å². The summed E-state index contributed by atoms with van der Waals surface area (Å²) in [5.74, 6) is -0.190. The van der Waals surface area contributed by atoms with Crippen molar-refractivity contribution in [2.24, 2.45) is 5.73 Å². The highest BCUT2D eigenvalue weighted by Gasteiger charge is 2.14. The predicted octanol–water partition coefficient (Wildman–Crippen LogP) is 1.26. The minimum absolute atomic E-state index is 0.190. The zero-order valence-electron chi connectivity index (χ0n) is 10.8. The fourth-order valence-electron chi connectivity index (χ4n) is 1.88. The first-order valence-electron chi connectivity index (χ1n) is 6.20. The van der Waals surface area contributed by atoms with E-state index in [1.54, 1.807) is 13.3 Å². The maximum absolute atomic E-state index is 12.0. The molecule has 0 aliphatic carbocycles. The van der Waals surface area contributed by atoms with Gasteiger partial charge in [0.25, 0.3) is 0 Å². The second-order valence-corrected chi connectivity index (χ2v) is 4.37. The third-order valence-corrected chi connectivity index (χ3v) is 2.94. The van der Waals surface area contributed by atoms with E-state index in [1.165, 1.54) is 0 Å². The van der Waals surface area contributed by atoms with Crippen molar-refractivity contribution >= 4 is 22.5 Å². The Labute approximate surface area is 111 Å². The molecule has 1 amide bonds. The molecule has 6 heteroatoms. The number of carbonyl (C=O) groups excluding carboxylic acids is 1. The molecule has 102 valence electrons. The number of rotatable bonds is 6. The number of benzene rings is 1. The maximum atomic E-state index is 12.0. The van der Waals surface area contributed by atoms with E-state index in [4.69, 9.17) is 10.5 Å². The number of nitrogens with two attached hydrogens (primary N) is 1. The molecule has 0 bridgehead atoms. The molecule has 4 N–H and O–H groups in total. The Morgan fingerprint density at radius 1 is 1.58 bits per heavy atom. The molecule has 1 unspecified atom stereocenters. The van der Waals surface area contributed by atoms with Crippen LogP contribution in [0.2, 0.25) is 0 Å². The van der Waals surface area contributed by atoms with Gasteiger partial charge >= 0.3 is 0 Å². The molecule has 1 aromatic carbocycles. The average molecular weight is 262 g/mol. The Morgan fingerprint density at radius 2 is 2.42 bits per heavy atom. The molecule has 6 nitrogen and oxygen atoms in total. The lowest BCUT2D eigenvalue weighted by atomic mass is 10.1. The fraction of sp³-hybridized carbons (Fsp3) is 0.385. The number of anilines is 1. The molecule has 0 saturated carbocycles. The Morgan fingerprint density at radius 3 is 3.21 bits per heavy atom. The van der Waals surface area contributed by atoms with Gasteiger partial charge in [-0.1, -0.05) is 6.07 Å². The van der Waals surface area contributed by atoms with Gasteiger partial charge in [-0.05, 0) is 25.0 Å². The highest BCUT2D eigenvalue weighted by Crippen LogP contribution is 2.21. The second-order valence-electron chi connectivity index (χ2n) is 4.37. The van der Waals surface area contributed by atoms with Gasteiger partial charge < -0.3 is 15.8 Å². The Balaban J connectivity index is 2.00. The Hall–Kier alpha value is -1.92. The molecule has 1 heterocycles. The molecule has 1 atom stereocenters. The zero-order chi connectivity index (χ0) is 13.7. The molecular weight excluding hydrogens is 244 g/mol. The van der Waals surface area contributed by atoms with Crippen LogP contribution in [0.5, 0.6) is 0 Å². The van der Waals surface area contributed by atoms with Crippen molar-refractivity contribution in [1.29, 1.82) is 0 Å². The van der Waals surface area contributed by atoms with Gasteiger partial charge in [0, 0.05) is 19.1 Å². The van der Waals surface area contributed by atoms with Crippen LogP contribution < -0.4 is 11.1 Å². The first-order valence-corrected chi connectivity index (χ1v) is 6.20. The summed E-state index contributed by atoms with van der Waals surface area (Å²) in [5, 5.41) is 10.5. The minimum atomic E-state index is -0.530. The standard InChI is InChI=1S/C13H18N4O2/c1-19-7-3-4-10(14)13(18)16-11-5-2-6-12-9(11)8-15-17-12/h2,5-6,8,10H,3-4,7,14H2,1H3,(H,15,17)(H,16,18). The number of ether oxygens (including phenoxy) is 1. The fourth-order valence-corrected chi connectivity index (χ4v) is 1.88. The first-order chi connectivity index (χ1) is 9.22. The lowest BCUT2D eigenvalue weighted by Crippen LogP contribution is -2.35. The number of aromatic amines is 1. The van der Waals surface area contributed by atoms with Gasteiger partial charge in [-0.15, -0.1) is 0 Å². The normalized spacial score (nSPS) is 12.5. The van der Waals surface area contributed by atoms with Crippen LogP contribution in [0.1, 0.15) is 12.8 Å². The van der Waals surface area contributed by atoms with E-state index in [9.17, 15) is 4.79 Å². The van der Waals surface area contributed by atoms with Crippen LogP contribution in [0.4, 0.5) is 5.69 Å². The van der Waals surface area contributed by atoms with Crippen LogP contribution in [-0.4, -0.2) is 35.9 Å². The molecule has 1 aromatic heterocycles. The Kier molecular flexibility index (Phi) is 4.48. The largest absolute Gasteiger partial charge is 0.385 e. The average Bonchev–Trinajstić information content (AvgIpc) is 2.88. The first kappa shape index (κ1) is 13.5. The summed E-state index contributed by atoms with van der Waals surface area (Å²) in [7, 11) is 1.63. The van der Waals surface area contributed by atoms with Gasteiger partial charge in [0.15, 0.2) is 0 Å². The second kappa shape index (κ2) is 6.31. The van der Waals surface area contributed by atoms with Crippen molar-refractivity contribution < 1.29 is 9.53 Å². The summed E-state index contributed by atoms with van der Waals surface area (Å²) in [5.41, 5.74) is 7.44. The number of aromatic nitrogens is 2. The summed E-state index contributed by atoms with van der Waals surface area (Å²) in [6.07, 6.45) is 3.05. The maximum Gasteiger partial charge on any atom is 0.241 e. The summed E-state index contributed by atoms with van der Waals surface area (Å²) >= 11 is 0. The lowest BCUT2D eigenvalue weighted by molar-refractivity contribution is -0.117. The van der Waals surface area contributed by atoms with E-state index in [0.29, 0.717) is 13.0 Å². The number of hydrogen-bond acceptors (Lipinski definition) is 4. The minimum Gasteiger partial charge on any atom is -0.385 e. The molecule has 0 fully saturated rings. The highest BCUT2D eigenvalue weighted by molar-refractivity contribution is 6.02. The van der Waals surface area contributed by atoms with E-state index in [0.717, 1.165) is 23.0 Å². The molecule has 0 spiro atoms. The van der Waals surface area contributed by atoms with E-state index in [2.05, 4.69) is 15.5 Å². The van der Waals surface area contributed by atoms with Gasteiger partial charge in [-0.3, -0.25) is 9.89 Å². The van der Waals surface area contributed by atoms with Crippen molar-refractivity contribution in [3.05, 3.63) is 24.4 Å². The van der Waals surface area contributed by atoms with E-state index >= 15 is 0 Å². The van der Waals surface area contributed by atoms with Gasteiger partial charge in [0.2, 0.25) is 5.91 Å². The molecule has 19 heavy (non-hydrogen) atoms. The summed E-state index contributed by atoms with van der Waals surface area (Å²) in [6, 6.07) is 5.05. The summed E-state index contributed by atoms with van der Waals surface area (Å²) in [6.45, 7) is 0.609. The molecular formula is C13H18N4O2. The number of nitrogens with one attached hydrogen (secondary N) is 2. The van der Waals surface area contributed by atoms with Gasteiger partial charge in [-0.25, -0.2) is 0 Å². The highest BCUT2D eigenvalue weighted by atomic mass is 16.5. The van der Waals surface area contributed by atoms with Crippen molar-refractivity contribution in [3.8, 4) is 0 Å². The number of amides is 1. The van der Waals surface area contributed by atoms with Crippen molar-refractivity contribution in [2.45, 2.75) is 18.9 Å². The van der Waals surface area contributed by atoms with Crippen molar-refractivity contribution in [2.75, 3.05) is 19.0 Å². The van der Waals surface area contributed by atoms with E-state index in [1.807, 2.05) is 18.2 Å². The van der Waals surface area contributed by atoms with E-state index < -0.39 is 6.04 Å². The summed E-state index contributed by atoms with van der Waals surface area (Å²) in [4.78, 5) is 12.0. The number of carbonyl (C=O) groups is 1. The van der Waals surface area contributed by atoms with Gasteiger partial charge in [0.1, 0.15) is 0 Å². The topological polar surface area (TPSA) is 93.0 Å². The molecule has 0 saturated heterocycles. The number of methoxy groups -OCH3 is 1. The zero-order valence-corrected chi connectivity index (χ0v) is 10.8. The van der Waals surface area contributed by atoms with Crippen LogP contribution in [0, 0.1) is 0 Å².